The first-order valence-corrected chi connectivity index (χ1v) is 11.3. The van der Waals surface area contributed by atoms with E-state index >= 15 is 0 Å². The predicted octanol–water partition coefficient (Wildman–Crippen LogP) is 3.74. The van der Waals surface area contributed by atoms with Crippen molar-refractivity contribution in [2.45, 2.75) is 45.1 Å². The molecule has 1 saturated carbocycles. The first-order chi connectivity index (χ1) is 15.5. The third kappa shape index (κ3) is 3.72. The lowest BCUT2D eigenvalue weighted by atomic mass is 9.77. The van der Waals surface area contributed by atoms with Crippen LogP contribution in [0.5, 0.6) is 5.75 Å². The van der Waals surface area contributed by atoms with Gasteiger partial charge in [-0.05, 0) is 56.0 Å². The Kier molecular flexibility index (Phi) is 5.33. The van der Waals surface area contributed by atoms with Gasteiger partial charge in [0, 0.05) is 23.8 Å². The van der Waals surface area contributed by atoms with Crippen LogP contribution >= 0.6 is 0 Å². The molecule has 3 atom stereocenters. The van der Waals surface area contributed by atoms with E-state index in [1.54, 1.807) is 25.1 Å². The number of carbonyl (C=O) groups is 3. The zero-order valence-corrected chi connectivity index (χ0v) is 18.1. The summed E-state index contributed by atoms with van der Waals surface area (Å²) in [5, 5.41) is 5.77. The molecule has 0 spiro atoms. The maximum Gasteiger partial charge on any atom is 0.265 e. The largest absolute Gasteiger partial charge is 0.479 e. The minimum Gasteiger partial charge on any atom is -0.479 e. The van der Waals surface area contributed by atoms with E-state index in [1.807, 2.05) is 23.1 Å². The number of carbonyl (C=O) groups excluding carboxylic acids is 3. The molecule has 2 heterocycles. The first kappa shape index (κ1) is 20.5. The maximum atomic E-state index is 13.5. The van der Waals surface area contributed by atoms with Crippen molar-refractivity contribution in [3.8, 4) is 5.75 Å². The highest BCUT2D eigenvalue weighted by Crippen LogP contribution is 2.37. The molecule has 32 heavy (non-hydrogen) atoms. The average molecular weight is 434 g/mol. The smallest absolute Gasteiger partial charge is 0.265 e. The van der Waals surface area contributed by atoms with Crippen molar-refractivity contribution in [3.63, 3.8) is 0 Å². The fraction of sp³-hybridized carbons (Fsp3) is 0.400. The van der Waals surface area contributed by atoms with Gasteiger partial charge >= 0.3 is 0 Å². The zero-order valence-electron chi connectivity index (χ0n) is 18.1. The number of anilines is 3. The third-order valence-electron chi connectivity index (χ3n) is 6.75. The Bertz CT molecular complexity index is 1080. The summed E-state index contributed by atoms with van der Waals surface area (Å²) in [6, 6.07) is 13.2. The number of rotatable bonds is 3. The quantitative estimate of drug-likeness (QED) is 0.772. The Labute approximate surface area is 187 Å². The molecule has 2 N–H and O–H groups in total. The lowest BCUT2D eigenvalue weighted by Gasteiger charge is -2.33. The Morgan fingerprint density at radius 1 is 1.09 bits per heavy atom. The summed E-state index contributed by atoms with van der Waals surface area (Å²) < 4.78 is 5.58. The van der Waals surface area contributed by atoms with Gasteiger partial charge in [-0.3, -0.25) is 14.4 Å². The Balaban J connectivity index is 1.32. The van der Waals surface area contributed by atoms with E-state index in [4.69, 9.17) is 4.74 Å². The molecule has 0 saturated heterocycles. The van der Waals surface area contributed by atoms with Gasteiger partial charge in [-0.15, -0.1) is 0 Å². The van der Waals surface area contributed by atoms with Gasteiger partial charge < -0.3 is 20.3 Å². The van der Waals surface area contributed by atoms with E-state index < -0.39 is 6.10 Å². The standard InChI is InChI=1S/C25H27N3O4/c1-15-23(29)27-20-14-17(10-11-22(20)32-15)26-24(30)18-7-3-4-8-19(18)25(31)28-13-12-16-6-2-5-9-21(16)28/h2,5-6,9-11,14-15,18-19H,3-4,7-8,12-13H2,1H3,(H,26,30)(H,27,29). The highest BCUT2D eigenvalue weighted by Gasteiger charge is 2.39. The molecule has 3 unspecified atom stereocenters. The molecule has 2 aliphatic heterocycles. The van der Waals surface area contributed by atoms with E-state index in [9.17, 15) is 14.4 Å². The van der Waals surface area contributed by atoms with Crippen LogP contribution < -0.4 is 20.3 Å². The van der Waals surface area contributed by atoms with Crippen molar-refractivity contribution < 1.29 is 19.1 Å². The Hall–Kier alpha value is -3.35. The minimum absolute atomic E-state index is 0.0508. The van der Waals surface area contributed by atoms with Crippen molar-refractivity contribution in [2.75, 3.05) is 22.1 Å². The van der Waals surface area contributed by atoms with E-state index in [0.717, 1.165) is 31.4 Å². The molecule has 3 aliphatic rings. The monoisotopic (exact) mass is 433 g/mol. The van der Waals surface area contributed by atoms with Gasteiger partial charge in [0.15, 0.2) is 6.10 Å². The topological polar surface area (TPSA) is 87.7 Å². The lowest BCUT2D eigenvalue weighted by Crippen LogP contribution is -2.43. The van der Waals surface area contributed by atoms with Crippen LogP contribution in [0.2, 0.25) is 0 Å². The zero-order chi connectivity index (χ0) is 22.2. The van der Waals surface area contributed by atoms with Crippen LogP contribution in [-0.4, -0.2) is 30.4 Å². The van der Waals surface area contributed by atoms with Gasteiger partial charge in [-0.25, -0.2) is 0 Å². The normalized spacial score (nSPS) is 24.1. The van der Waals surface area contributed by atoms with Crippen LogP contribution in [0.4, 0.5) is 17.1 Å². The summed E-state index contributed by atoms with van der Waals surface area (Å²) in [5.41, 5.74) is 3.28. The van der Waals surface area contributed by atoms with Crippen molar-refractivity contribution >= 4 is 34.8 Å². The van der Waals surface area contributed by atoms with Gasteiger partial charge in [-0.1, -0.05) is 31.0 Å². The number of ether oxygens (including phenoxy) is 1. The van der Waals surface area contributed by atoms with E-state index in [0.29, 0.717) is 30.1 Å². The first-order valence-electron chi connectivity index (χ1n) is 11.3. The molecule has 0 radical (unpaired) electrons. The summed E-state index contributed by atoms with van der Waals surface area (Å²) in [5.74, 6) is -0.428. The number of hydrogen-bond acceptors (Lipinski definition) is 4. The summed E-state index contributed by atoms with van der Waals surface area (Å²) >= 11 is 0. The number of amides is 3. The molecule has 0 aromatic heterocycles. The van der Waals surface area contributed by atoms with Crippen LogP contribution in [0.3, 0.4) is 0 Å². The molecule has 2 aromatic rings. The summed E-state index contributed by atoms with van der Waals surface area (Å²) in [4.78, 5) is 40.5. The molecule has 7 nitrogen and oxygen atoms in total. The van der Waals surface area contributed by atoms with Gasteiger partial charge in [0.2, 0.25) is 11.8 Å². The van der Waals surface area contributed by atoms with Crippen LogP contribution in [0.25, 0.3) is 0 Å². The van der Waals surface area contributed by atoms with Crippen LogP contribution in [-0.2, 0) is 20.8 Å². The second kappa shape index (κ2) is 8.30. The fourth-order valence-corrected chi connectivity index (χ4v) is 5.03. The third-order valence-corrected chi connectivity index (χ3v) is 6.75. The molecule has 5 rings (SSSR count). The SMILES string of the molecule is CC1Oc2ccc(NC(=O)C3CCCCC3C(=O)N3CCc4ccccc43)cc2NC1=O. The maximum absolute atomic E-state index is 13.5. The van der Waals surface area contributed by atoms with Gasteiger partial charge in [0.05, 0.1) is 11.6 Å². The molecular formula is C25H27N3O4. The second-order valence-electron chi connectivity index (χ2n) is 8.82. The van der Waals surface area contributed by atoms with Crippen molar-refractivity contribution in [1.82, 2.24) is 0 Å². The number of nitrogens with zero attached hydrogens (tertiary/aromatic N) is 1. The fourth-order valence-electron chi connectivity index (χ4n) is 5.03. The molecule has 7 heteroatoms. The second-order valence-corrected chi connectivity index (χ2v) is 8.82. The van der Waals surface area contributed by atoms with Crippen LogP contribution in [0, 0.1) is 11.8 Å². The van der Waals surface area contributed by atoms with E-state index in [1.165, 1.54) is 5.56 Å². The molecular weight excluding hydrogens is 406 g/mol. The number of fused-ring (bicyclic) bond motifs is 2. The molecule has 3 amide bonds. The number of hydrogen-bond donors (Lipinski definition) is 2. The number of benzene rings is 2. The van der Waals surface area contributed by atoms with Crippen molar-refractivity contribution in [1.29, 1.82) is 0 Å². The Morgan fingerprint density at radius 3 is 2.72 bits per heavy atom. The minimum atomic E-state index is -0.548. The number of para-hydroxylation sites is 1. The molecule has 1 fully saturated rings. The molecule has 0 bridgehead atoms. The van der Waals surface area contributed by atoms with Gasteiger partial charge in [-0.2, -0.15) is 0 Å². The Morgan fingerprint density at radius 2 is 1.88 bits per heavy atom. The summed E-state index contributed by atoms with van der Waals surface area (Å²) in [7, 11) is 0. The highest BCUT2D eigenvalue weighted by atomic mass is 16.5. The number of nitrogens with one attached hydrogen (secondary N) is 2. The highest BCUT2D eigenvalue weighted by molar-refractivity contribution is 6.03. The molecule has 166 valence electrons. The van der Waals surface area contributed by atoms with E-state index in [2.05, 4.69) is 16.7 Å². The summed E-state index contributed by atoms with van der Waals surface area (Å²) in [6.45, 7) is 2.36. The van der Waals surface area contributed by atoms with Crippen molar-refractivity contribution in [2.24, 2.45) is 11.8 Å². The average Bonchev–Trinajstić information content (AvgIpc) is 3.24. The van der Waals surface area contributed by atoms with Crippen molar-refractivity contribution in [3.05, 3.63) is 48.0 Å². The molecule has 1 aliphatic carbocycles. The van der Waals surface area contributed by atoms with E-state index in [-0.39, 0.29) is 29.6 Å². The predicted molar refractivity (Wildman–Crippen MR) is 122 cm³/mol. The molecule has 2 aromatic carbocycles. The van der Waals surface area contributed by atoms with Crippen LogP contribution in [0.1, 0.15) is 38.2 Å². The van der Waals surface area contributed by atoms with Crippen LogP contribution in [0.15, 0.2) is 42.5 Å². The lowest BCUT2D eigenvalue weighted by molar-refractivity contribution is -0.132. The summed E-state index contributed by atoms with van der Waals surface area (Å²) in [6.07, 6.45) is 3.61. The van der Waals surface area contributed by atoms with Gasteiger partial charge in [0.25, 0.3) is 5.91 Å². The van der Waals surface area contributed by atoms with Gasteiger partial charge in [0.1, 0.15) is 5.75 Å².